The van der Waals surface area contributed by atoms with Crippen molar-refractivity contribution in [2.24, 2.45) is 5.92 Å². The number of halogens is 3. The predicted octanol–water partition coefficient (Wildman–Crippen LogP) is 4.61. The molecule has 1 saturated heterocycles. The zero-order valence-corrected chi connectivity index (χ0v) is 19.5. The summed E-state index contributed by atoms with van der Waals surface area (Å²) in [5.41, 5.74) is 0.178. The molecule has 2 heterocycles. The fourth-order valence-corrected chi connectivity index (χ4v) is 5.68. The first-order valence-corrected chi connectivity index (χ1v) is 12.3. The highest BCUT2D eigenvalue weighted by atomic mass is 32.2. The molecule has 184 valence electrons. The molecule has 4 rings (SSSR count). The van der Waals surface area contributed by atoms with Crippen molar-refractivity contribution >= 4 is 33.8 Å². The van der Waals surface area contributed by atoms with E-state index in [4.69, 9.17) is 4.52 Å². The quantitative estimate of drug-likeness (QED) is 0.528. The molecule has 1 aromatic heterocycles. The van der Waals surface area contributed by atoms with Crippen LogP contribution in [0.3, 0.4) is 0 Å². The van der Waals surface area contributed by atoms with Crippen molar-refractivity contribution in [2.75, 3.05) is 18.4 Å². The first-order valence-electron chi connectivity index (χ1n) is 10.8. The van der Waals surface area contributed by atoms with Gasteiger partial charge in [-0.05, 0) is 50.1 Å². The minimum atomic E-state index is -4.12. The summed E-state index contributed by atoms with van der Waals surface area (Å²) < 4.78 is 74.3. The summed E-state index contributed by atoms with van der Waals surface area (Å²) in [5.74, 6) is -3.57. The Morgan fingerprint density at radius 3 is 2.66 bits per heavy atom. The molecule has 0 aliphatic carbocycles. The third-order valence-corrected chi connectivity index (χ3v) is 7.72. The van der Waals surface area contributed by atoms with Gasteiger partial charge in [0.05, 0.1) is 11.6 Å². The number of piperidine rings is 1. The Labute approximate surface area is 200 Å². The summed E-state index contributed by atoms with van der Waals surface area (Å²) in [5, 5.41) is 6.16. The van der Waals surface area contributed by atoms with E-state index in [9.17, 15) is 26.4 Å². The van der Waals surface area contributed by atoms with Crippen LogP contribution < -0.4 is 5.32 Å². The van der Waals surface area contributed by atoms with E-state index < -0.39 is 39.3 Å². The molecule has 1 amide bonds. The number of hydrogen-bond donors (Lipinski definition) is 1. The summed E-state index contributed by atoms with van der Waals surface area (Å²) in [7, 11) is -4.12. The number of aromatic nitrogens is 1. The number of sulfonamides is 1. The van der Waals surface area contributed by atoms with Crippen LogP contribution in [0.25, 0.3) is 12.2 Å². The van der Waals surface area contributed by atoms with Gasteiger partial charge in [0.25, 0.3) is 0 Å². The maximum atomic E-state index is 13.9. The standard InChI is InChI=1S/C24H22F3N3O4S/c1-15-23(22(34-29-15)11-8-16-5-2-3-7-19(16)26)35(32,33)30-12-4-6-17(14-30)24(31)28-21-10-9-18(25)13-20(21)27/h2-3,5,7-11,13,17H,4,6,12,14H2,1H3,(H,28,31)/b11-8+/t17-/m0/s1. The first kappa shape index (κ1) is 24.7. The highest BCUT2D eigenvalue weighted by molar-refractivity contribution is 7.89. The topological polar surface area (TPSA) is 92.5 Å². The summed E-state index contributed by atoms with van der Waals surface area (Å²) in [6, 6.07) is 8.76. The van der Waals surface area contributed by atoms with E-state index >= 15 is 0 Å². The number of hydrogen-bond acceptors (Lipinski definition) is 5. The van der Waals surface area contributed by atoms with Crippen LogP contribution >= 0.6 is 0 Å². The summed E-state index contributed by atoms with van der Waals surface area (Å²) in [6.45, 7) is 1.50. The van der Waals surface area contributed by atoms with Crippen molar-refractivity contribution in [2.45, 2.75) is 24.7 Å². The molecule has 0 unspecified atom stereocenters. The zero-order chi connectivity index (χ0) is 25.2. The Bertz CT molecular complexity index is 1390. The maximum absolute atomic E-state index is 13.9. The number of rotatable bonds is 6. The van der Waals surface area contributed by atoms with Gasteiger partial charge in [-0.3, -0.25) is 4.79 Å². The molecule has 2 aromatic carbocycles. The lowest BCUT2D eigenvalue weighted by molar-refractivity contribution is -0.120. The Hall–Kier alpha value is -3.44. The van der Waals surface area contributed by atoms with Crippen molar-refractivity contribution in [3.63, 3.8) is 0 Å². The van der Waals surface area contributed by atoms with Gasteiger partial charge in [-0.15, -0.1) is 0 Å². The van der Waals surface area contributed by atoms with Gasteiger partial charge in [-0.25, -0.2) is 21.6 Å². The number of benzene rings is 2. The Kier molecular flexibility index (Phi) is 7.08. The summed E-state index contributed by atoms with van der Waals surface area (Å²) in [4.78, 5) is 12.5. The molecule has 7 nitrogen and oxygen atoms in total. The molecule has 0 bridgehead atoms. The van der Waals surface area contributed by atoms with Crippen LogP contribution in [0.2, 0.25) is 0 Å². The predicted molar refractivity (Wildman–Crippen MR) is 123 cm³/mol. The molecule has 1 N–H and O–H groups in total. The first-order chi connectivity index (χ1) is 16.7. The van der Waals surface area contributed by atoms with Gasteiger partial charge in [-0.2, -0.15) is 4.31 Å². The molecule has 1 fully saturated rings. The molecule has 1 aliphatic rings. The minimum absolute atomic E-state index is 0.0642. The van der Waals surface area contributed by atoms with Crippen molar-refractivity contribution in [1.82, 2.24) is 9.46 Å². The molecule has 1 atom stereocenters. The van der Waals surface area contributed by atoms with Gasteiger partial charge in [0.15, 0.2) is 10.7 Å². The molecular formula is C24H22F3N3O4S. The summed E-state index contributed by atoms with van der Waals surface area (Å²) >= 11 is 0. The Morgan fingerprint density at radius 2 is 1.91 bits per heavy atom. The van der Waals surface area contributed by atoms with Gasteiger partial charge in [-0.1, -0.05) is 23.4 Å². The SMILES string of the molecule is Cc1noc(/C=C/c2ccccc2F)c1S(=O)(=O)N1CCC[C@H](C(=O)Nc2ccc(F)cc2F)C1. The van der Waals surface area contributed by atoms with Crippen LogP contribution in [0.4, 0.5) is 18.9 Å². The number of anilines is 1. The van der Waals surface area contributed by atoms with Gasteiger partial charge < -0.3 is 9.84 Å². The maximum Gasteiger partial charge on any atom is 0.248 e. The lowest BCUT2D eigenvalue weighted by atomic mass is 9.98. The van der Waals surface area contributed by atoms with E-state index in [0.717, 1.165) is 16.4 Å². The third-order valence-electron chi connectivity index (χ3n) is 5.69. The molecule has 11 heteroatoms. The molecule has 0 saturated carbocycles. The van der Waals surface area contributed by atoms with Crippen LogP contribution in [-0.2, 0) is 14.8 Å². The van der Waals surface area contributed by atoms with E-state index in [1.807, 2.05) is 0 Å². The highest BCUT2D eigenvalue weighted by Gasteiger charge is 2.37. The van der Waals surface area contributed by atoms with Crippen LogP contribution in [0.5, 0.6) is 0 Å². The Balaban J connectivity index is 1.54. The second-order valence-electron chi connectivity index (χ2n) is 8.13. The largest absolute Gasteiger partial charge is 0.355 e. The lowest BCUT2D eigenvalue weighted by Crippen LogP contribution is -2.44. The third kappa shape index (κ3) is 5.30. The number of amides is 1. The Morgan fingerprint density at radius 1 is 1.14 bits per heavy atom. The molecule has 35 heavy (non-hydrogen) atoms. The fourth-order valence-electron chi connectivity index (χ4n) is 3.90. The van der Waals surface area contributed by atoms with Gasteiger partial charge in [0, 0.05) is 24.7 Å². The molecular weight excluding hydrogens is 483 g/mol. The number of nitrogens with zero attached hydrogens (tertiary/aromatic N) is 2. The second-order valence-corrected chi connectivity index (χ2v) is 10.0. The van der Waals surface area contributed by atoms with Crippen LogP contribution in [0.1, 0.15) is 29.9 Å². The van der Waals surface area contributed by atoms with Crippen LogP contribution in [0, 0.1) is 30.3 Å². The van der Waals surface area contributed by atoms with E-state index in [0.29, 0.717) is 18.9 Å². The number of carbonyl (C=O) groups excluding carboxylic acids is 1. The zero-order valence-electron chi connectivity index (χ0n) is 18.7. The van der Waals surface area contributed by atoms with Crippen molar-refractivity contribution in [3.05, 3.63) is 76.9 Å². The second kappa shape index (κ2) is 10.0. The minimum Gasteiger partial charge on any atom is -0.355 e. The fraction of sp³-hybridized carbons (Fsp3) is 0.250. The highest BCUT2D eigenvalue weighted by Crippen LogP contribution is 2.30. The van der Waals surface area contributed by atoms with E-state index in [1.165, 1.54) is 37.3 Å². The molecule has 3 aromatic rings. The molecule has 0 spiro atoms. The lowest BCUT2D eigenvalue weighted by Gasteiger charge is -2.31. The number of nitrogens with one attached hydrogen (secondary N) is 1. The monoisotopic (exact) mass is 505 g/mol. The van der Waals surface area contributed by atoms with Crippen LogP contribution in [0.15, 0.2) is 51.9 Å². The van der Waals surface area contributed by atoms with Gasteiger partial charge in [0.1, 0.15) is 23.1 Å². The van der Waals surface area contributed by atoms with Crippen LogP contribution in [-0.4, -0.2) is 36.9 Å². The van der Waals surface area contributed by atoms with Crippen molar-refractivity contribution in [3.8, 4) is 0 Å². The normalized spacial score (nSPS) is 17.1. The van der Waals surface area contributed by atoms with E-state index in [2.05, 4.69) is 10.5 Å². The van der Waals surface area contributed by atoms with Gasteiger partial charge in [0.2, 0.25) is 15.9 Å². The molecule has 1 aliphatic heterocycles. The van der Waals surface area contributed by atoms with E-state index in [-0.39, 0.29) is 40.7 Å². The average molecular weight is 506 g/mol. The average Bonchev–Trinajstić information content (AvgIpc) is 3.21. The van der Waals surface area contributed by atoms with Crippen molar-refractivity contribution < 1.29 is 30.9 Å². The van der Waals surface area contributed by atoms with E-state index in [1.54, 1.807) is 6.07 Å². The number of aryl methyl sites for hydroxylation is 1. The molecule has 0 radical (unpaired) electrons. The smallest absolute Gasteiger partial charge is 0.248 e. The van der Waals surface area contributed by atoms with Gasteiger partial charge >= 0.3 is 0 Å². The number of carbonyl (C=O) groups is 1. The van der Waals surface area contributed by atoms with Crippen molar-refractivity contribution in [1.29, 1.82) is 0 Å². The summed E-state index contributed by atoms with van der Waals surface area (Å²) in [6.07, 6.45) is 3.51.